The van der Waals surface area contributed by atoms with Crippen molar-refractivity contribution in [1.29, 1.82) is 0 Å². The van der Waals surface area contributed by atoms with Crippen molar-refractivity contribution in [3.05, 3.63) is 65.2 Å². The molecular weight excluding hydrogens is 228 g/mol. The molecule has 0 heterocycles. The zero-order chi connectivity index (χ0) is 13.8. The third-order valence-corrected chi connectivity index (χ3v) is 3.75. The molecule has 2 aromatic rings. The van der Waals surface area contributed by atoms with Crippen LogP contribution < -0.4 is 0 Å². The summed E-state index contributed by atoms with van der Waals surface area (Å²) in [4.78, 5) is 0. The number of rotatable bonds is 1. The van der Waals surface area contributed by atoms with Crippen molar-refractivity contribution >= 4 is 6.08 Å². The Morgan fingerprint density at radius 1 is 0.842 bits per heavy atom. The molecular formula is C19H22. The fourth-order valence-corrected chi connectivity index (χ4v) is 2.59. The Hall–Kier alpha value is -1.82. The molecule has 0 saturated carbocycles. The van der Waals surface area contributed by atoms with Crippen LogP contribution >= 0.6 is 0 Å². The van der Waals surface area contributed by atoms with Gasteiger partial charge >= 0.3 is 0 Å². The van der Waals surface area contributed by atoms with Crippen molar-refractivity contribution in [2.75, 3.05) is 0 Å². The summed E-state index contributed by atoms with van der Waals surface area (Å²) >= 11 is 0. The molecule has 0 spiro atoms. The fourth-order valence-electron chi connectivity index (χ4n) is 2.59. The van der Waals surface area contributed by atoms with Gasteiger partial charge < -0.3 is 0 Å². The molecule has 1 aliphatic carbocycles. The standard InChI is InChI=1S/C17H16.C2H6/c1-12-11-17-15(13(12)2)9-6-10-16(17)14-7-4-3-5-8-14;1-2/h3-11,13H,1-2H3;1-2H3. The van der Waals surface area contributed by atoms with Crippen LogP contribution in [-0.2, 0) is 0 Å². The van der Waals surface area contributed by atoms with Gasteiger partial charge in [0, 0.05) is 5.92 Å². The molecule has 1 atom stereocenters. The minimum Gasteiger partial charge on any atom is -0.0683 e. The Kier molecular flexibility index (Phi) is 4.21. The zero-order valence-electron chi connectivity index (χ0n) is 12.3. The molecule has 3 rings (SSSR count). The molecule has 19 heavy (non-hydrogen) atoms. The highest BCUT2D eigenvalue weighted by Crippen LogP contribution is 2.40. The molecule has 0 fully saturated rings. The van der Waals surface area contributed by atoms with E-state index in [4.69, 9.17) is 0 Å². The van der Waals surface area contributed by atoms with Crippen LogP contribution in [0.3, 0.4) is 0 Å². The van der Waals surface area contributed by atoms with E-state index in [9.17, 15) is 0 Å². The van der Waals surface area contributed by atoms with E-state index < -0.39 is 0 Å². The predicted octanol–water partition coefficient (Wildman–Crippen LogP) is 5.90. The van der Waals surface area contributed by atoms with Crippen LogP contribution in [0.5, 0.6) is 0 Å². The minimum absolute atomic E-state index is 0.564. The van der Waals surface area contributed by atoms with Crippen LogP contribution in [0.1, 0.15) is 44.7 Å². The highest BCUT2D eigenvalue weighted by atomic mass is 14.2. The predicted molar refractivity (Wildman–Crippen MR) is 85.3 cm³/mol. The van der Waals surface area contributed by atoms with E-state index in [0.29, 0.717) is 5.92 Å². The summed E-state index contributed by atoms with van der Waals surface area (Å²) < 4.78 is 0. The molecule has 0 amide bonds. The summed E-state index contributed by atoms with van der Waals surface area (Å²) in [5.74, 6) is 0.564. The third kappa shape index (κ3) is 2.49. The quantitative estimate of drug-likeness (QED) is 0.591. The lowest BCUT2D eigenvalue weighted by atomic mass is 9.94. The second kappa shape index (κ2) is 5.88. The first-order chi connectivity index (χ1) is 9.27. The topological polar surface area (TPSA) is 0 Å². The van der Waals surface area contributed by atoms with Crippen molar-refractivity contribution in [3.8, 4) is 11.1 Å². The van der Waals surface area contributed by atoms with Gasteiger partial charge in [0.15, 0.2) is 0 Å². The highest BCUT2D eigenvalue weighted by Gasteiger charge is 2.20. The normalized spacial score (nSPS) is 16.2. The fraction of sp³-hybridized carbons (Fsp3) is 0.263. The summed E-state index contributed by atoms with van der Waals surface area (Å²) in [6.07, 6.45) is 2.34. The summed E-state index contributed by atoms with van der Waals surface area (Å²) in [6.45, 7) is 8.51. The van der Waals surface area contributed by atoms with Gasteiger partial charge in [0.25, 0.3) is 0 Å². The lowest BCUT2D eigenvalue weighted by Crippen LogP contribution is -1.91. The molecule has 0 nitrogen and oxygen atoms in total. The summed E-state index contributed by atoms with van der Waals surface area (Å²) in [5.41, 5.74) is 6.99. The maximum Gasteiger partial charge on any atom is 0.00265 e. The van der Waals surface area contributed by atoms with Gasteiger partial charge in [-0.15, -0.1) is 0 Å². The van der Waals surface area contributed by atoms with Gasteiger partial charge in [-0.25, -0.2) is 0 Å². The van der Waals surface area contributed by atoms with E-state index in [0.717, 1.165) is 0 Å². The zero-order valence-corrected chi connectivity index (χ0v) is 12.3. The first-order valence-electron chi connectivity index (χ1n) is 7.14. The molecule has 0 aliphatic heterocycles. The van der Waals surface area contributed by atoms with E-state index in [1.165, 1.54) is 27.8 Å². The van der Waals surface area contributed by atoms with E-state index >= 15 is 0 Å². The van der Waals surface area contributed by atoms with Gasteiger partial charge in [-0.05, 0) is 29.2 Å². The smallest absolute Gasteiger partial charge is 0.00265 e. The van der Waals surface area contributed by atoms with Crippen molar-refractivity contribution in [2.45, 2.75) is 33.6 Å². The van der Waals surface area contributed by atoms with Gasteiger partial charge in [-0.3, -0.25) is 0 Å². The highest BCUT2D eigenvalue weighted by molar-refractivity contribution is 5.81. The summed E-state index contributed by atoms with van der Waals surface area (Å²) in [5, 5.41) is 0. The average Bonchev–Trinajstić information content (AvgIpc) is 2.78. The molecule has 0 saturated heterocycles. The van der Waals surface area contributed by atoms with Crippen molar-refractivity contribution in [3.63, 3.8) is 0 Å². The minimum atomic E-state index is 0.564. The Labute approximate surface area is 116 Å². The van der Waals surface area contributed by atoms with Crippen LogP contribution in [0, 0.1) is 0 Å². The monoisotopic (exact) mass is 250 g/mol. The van der Waals surface area contributed by atoms with Gasteiger partial charge in [0.1, 0.15) is 0 Å². The molecule has 0 heteroatoms. The molecule has 0 N–H and O–H groups in total. The van der Waals surface area contributed by atoms with E-state index in [1.807, 2.05) is 13.8 Å². The molecule has 0 bridgehead atoms. The van der Waals surface area contributed by atoms with Crippen LogP contribution in [-0.4, -0.2) is 0 Å². The summed E-state index contributed by atoms with van der Waals surface area (Å²) in [7, 11) is 0. The van der Waals surface area contributed by atoms with Gasteiger partial charge in [-0.1, -0.05) is 81.0 Å². The first kappa shape index (κ1) is 13.6. The number of hydrogen-bond donors (Lipinski definition) is 0. The van der Waals surface area contributed by atoms with Gasteiger partial charge in [0.05, 0.1) is 0 Å². The van der Waals surface area contributed by atoms with Crippen LogP contribution in [0.2, 0.25) is 0 Å². The van der Waals surface area contributed by atoms with Gasteiger partial charge in [0.2, 0.25) is 0 Å². The van der Waals surface area contributed by atoms with Gasteiger partial charge in [-0.2, -0.15) is 0 Å². The van der Waals surface area contributed by atoms with Crippen molar-refractivity contribution < 1.29 is 0 Å². The van der Waals surface area contributed by atoms with E-state index in [-0.39, 0.29) is 0 Å². The van der Waals surface area contributed by atoms with Crippen LogP contribution in [0.15, 0.2) is 54.1 Å². The number of allylic oxidation sites excluding steroid dienone is 1. The first-order valence-corrected chi connectivity index (χ1v) is 7.14. The number of hydrogen-bond acceptors (Lipinski definition) is 0. The van der Waals surface area contributed by atoms with Crippen LogP contribution in [0.4, 0.5) is 0 Å². The van der Waals surface area contributed by atoms with Crippen molar-refractivity contribution in [1.82, 2.24) is 0 Å². The lowest BCUT2D eigenvalue weighted by molar-refractivity contribution is 0.922. The number of fused-ring (bicyclic) bond motifs is 1. The maximum atomic E-state index is 2.34. The second-order valence-electron chi connectivity index (χ2n) is 4.78. The Bertz CT molecular complexity index is 576. The molecule has 1 aliphatic rings. The molecule has 1 unspecified atom stereocenters. The Balaban J connectivity index is 0.000000637. The van der Waals surface area contributed by atoms with E-state index in [2.05, 4.69) is 68.5 Å². The lowest BCUT2D eigenvalue weighted by Gasteiger charge is -2.10. The third-order valence-electron chi connectivity index (χ3n) is 3.75. The van der Waals surface area contributed by atoms with Crippen LogP contribution in [0.25, 0.3) is 17.2 Å². The molecule has 0 radical (unpaired) electrons. The average molecular weight is 250 g/mol. The number of benzene rings is 2. The largest absolute Gasteiger partial charge is 0.0683 e. The maximum absolute atomic E-state index is 2.34. The Morgan fingerprint density at radius 3 is 2.21 bits per heavy atom. The Morgan fingerprint density at radius 2 is 1.53 bits per heavy atom. The molecule has 0 aromatic heterocycles. The van der Waals surface area contributed by atoms with E-state index in [1.54, 1.807) is 0 Å². The molecule has 2 aromatic carbocycles. The summed E-state index contributed by atoms with van der Waals surface area (Å²) in [6, 6.07) is 17.3. The molecule has 98 valence electrons. The van der Waals surface area contributed by atoms with Crippen molar-refractivity contribution in [2.24, 2.45) is 0 Å². The SMILES string of the molecule is CC.CC1=Cc2c(-c3ccccc3)cccc2C1C. The second-order valence-corrected chi connectivity index (χ2v) is 4.78.